The van der Waals surface area contributed by atoms with Crippen molar-refractivity contribution < 1.29 is 39.3 Å². The third-order valence-corrected chi connectivity index (χ3v) is 4.80. The van der Waals surface area contributed by atoms with E-state index in [0.717, 1.165) is 10.5 Å². The summed E-state index contributed by atoms with van der Waals surface area (Å²) in [6.07, 6.45) is 0.137. The van der Waals surface area contributed by atoms with Crippen molar-refractivity contribution >= 4 is 30.0 Å². The van der Waals surface area contributed by atoms with Crippen LogP contribution in [0.1, 0.15) is 37.7 Å². The van der Waals surface area contributed by atoms with Gasteiger partial charge in [0, 0.05) is 26.6 Å². The zero-order chi connectivity index (χ0) is 24.8. The van der Waals surface area contributed by atoms with E-state index in [1.165, 1.54) is 7.05 Å². The maximum Gasteiger partial charge on any atom is 0.326 e. The number of nitrogens with one attached hydrogen (secondary N) is 3. The number of rotatable bonds is 14. The van der Waals surface area contributed by atoms with E-state index in [1.807, 2.05) is 30.3 Å². The number of carboxylic acids is 3. The SMILES string of the molecule is CN(C(=O)NC(CCC(=O)O)C(=O)O)[C@@H](CCCCNC(=O)NCc1ccccc1)C(=O)O. The lowest BCUT2D eigenvalue weighted by Crippen LogP contribution is -2.52. The summed E-state index contributed by atoms with van der Waals surface area (Å²) in [5.41, 5.74) is 0.950. The van der Waals surface area contributed by atoms with Gasteiger partial charge in [-0.2, -0.15) is 0 Å². The van der Waals surface area contributed by atoms with Crippen molar-refractivity contribution in [2.45, 2.75) is 50.7 Å². The lowest BCUT2D eigenvalue weighted by atomic mass is 10.1. The van der Waals surface area contributed by atoms with Crippen LogP contribution in [0.4, 0.5) is 9.59 Å². The fraction of sp³-hybridized carbons (Fsp3) is 0.476. The van der Waals surface area contributed by atoms with Crippen molar-refractivity contribution in [2.24, 2.45) is 0 Å². The van der Waals surface area contributed by atoms with Crippen molar-refractivity contribution in [3.05, 3.63) is 35.9 Å². The molecule has 0 heterocycles. The molecule has 4 amide bonds. The Kier molecular flexibility index (Phi) is 11.8. The first-order valence-corrected chi connectivity index (χ1v) is 10.4. The zero-order valence-corrected chi connectivity index (χ0v) is 18.3. The summed E-state index contributed by atoms with van der Waals surface area (Å²) in [6.45, 7) is 0.677. The lowest BCUT2D eigenvalue weighted by Gasteiger charge is -2.26. The van der Waals surface area contributed by atoms with Crippen molar-refractivity contribution in [1.82, 2.24) is 20.9 Å². The highest BCUT2D eigenvalue weighted by molar-refractivity contribution is 5.86. The van der Waals surface area contributed by atoms with Crippen molar-refractivity contribution in [3.8, 4) is 0 Å². The van der Waals surface area contributed by atoms with Crippen LogP contribution in [0.15, 0.2) is 30.3 Å². The Morgan fingerprint density at radius 2 is 1.58 bits per heavy atom. The van der Waals surface area contributed by atoms with Gasteiger partial charge < -0.3 is 36.2 Å². The van der Waals surface area contributed by atoms with E-state index in [-0.39, 0.29) is 18.9 Å². The first-order chi connectivity index (χ1) is 15.6. The minimum absolute atomic E-state index is 0.0828. The standard InChI is InChI=1S/C21H30N4O8/c1-25(21(33)24-15(18(28)29)10-11-17(26)27)16(19(30)31)9-5-6-12-22-20(32)23-13-14-7-3-2-4-8-14/h2-4,7-8,15-16H,5-6,9-13H2,1H3,(H,24,33)(H,26,27)(H,28,29)(H,30,31)(H2,22,23,32)/t15?,16-/m0/s1. The summed E-state index contributed by atoms with van der Waals surface area (Å²) < 4.78 is 0. The average Bonchev–Trinajstić information content (AvgIpc) is 2.77. The van der Waals surface area contributed by atoms with Gasteiger partial charge in [0.1, 0.15) is 12.1 Å². The number of hydrogen-bond acceptors (Lipinski definition) is 5. The van der Waals surface area contributed by atoms with Crippen LogP contribution in [0.25, 0.3) is 0 Å². The van der Waals surface area contributed by atoms with Crippen molar-refractivity contribution in [1.29, 1.82) is 0 Å². The molecule has 12 heteroatoms. The van der Waals surface area contributed by atoms with E-state index < -0.39 is 42.4 Å². The van der Waals surface area contributed by atoms with Gasteiger partial charge in [-0.1, -0.05) is 30.3 Å². The van der Waals surface area contributed by atoms with E-state index in [4.69, 9.17) is 10.2 Å². The topological polar surface area (TPSA) is 185 Å². The fourth-order valence-corrected chi connectivity index (χ4v) is 2.91. The van der Waals surface area contributed by atoms with Gasteiger partial charge >= 0.3 is 30.0 Å². The van der Waals surface area contributed by atoms with Crippen LogP contribution >= 0.6 is 0 Å². The molecule has 1 rings (SSSR count). The van der Waals surface area contributed by atoms with Crippen molar-refractivity contribution in [2.75, 3.05) is 13.6 Å². The van der Waals surface area contributed by atoms with Crippen LogP contribution in [0, 0.1) is 0 Å². The normalized spacial score (nSPS) is 12.2. The monoisotopic (exact) mass is 466 g/mol. The predicted molar refractivity (Wildman–Crippen MR) is 117 cm³/mol. The number of nitrogens with zero attached hydrogens (tertiary/aromatic N) is 1. The number of aliphatic carboxylic acids is 3. The Hall–Kier alpha value is -3.83. The summed E-state index contributed by atoms with van der Waals surface area (Å²) in [7, 11) is 1.22. The van der Waals surface area contributed by atoms with Crippen LogP contribution < -0.4 is 16.0 Å². The van der Waals surface area contributed by atoms with Crippen LogP contribution in [-0.2, 0) is 20.9 Å². The molecule has 2 atom stereocenters. The van der Waals surface area contributed by atoms with E-state index in [2.05, 4.69) is 16.0 Å². The third-order valence-electron chi connectivity index (χ3n) is 4.80. The maximum atomic E-state index is 12.3. The summed E-state index contributed by atoms with van der Waals surface area (Å²) >= 11 is 0. The summed E-state index contributed by atoms with van der Waals surface area (Å²) in [4.78, 5) is 58.4. The summed E-state index contributed by atoms with van der Waals surface area (Å²) in [5.74, 6) is -3.89. The molecule has 1 aromatic carbocycles. The molecule has 33 heavy (non-hydrogen) atoms. The highest BCUT2D eigenvalue weighted by Gasteiger charge is 2.29. The number of carbonyl (C=O) groups is 5. The summed E-state index contributed by atoms with van der Waals surface area (Å²) in [5, 5.41) is 34.8. The van der Waals surface area contributed by atoms with E-state index in [9.17, 15) is 29.1 Å². The molecule has 0 radical (unpaired) electrons. The third kappa shape index (κ3) is 10.8. The van der Waals surface area contributed by atoms with Crippen LogP contribution in [-0.4, -0.2) is 75.9 Å². The molecule has 0 fully saturated rings. The number of amides is 4. The minimum Gasteiger partial charge on any atom is -0.481 e. The second kappa shape index (κ2) is 14.3. The molecular formula is C21H30N4O8. The molecule has 0 aliphatic rings. The molecular weight excluding hydrogens is 436 g/mol. The van der Waals surface area contributed by atoms with Gasteiger partial charge in [-0.3, -0.25) is 4.79 Å². The Morgan fingerprint density at radius 1 is 0.909 bits per heavy atom. The molecule has 0 aliphatic heterocycles. The number of unbranched alkanes of at least 4 members (excludes halogenated alkanes) is 1. The maximum absolute atomic E-state index is 12.3. The van der Waals surface area contributed by atoms with Gasteiger partial charge in [0.25, 0.3) is 0 Å². The molecule has 0 aromatic heterocycles. The van der Waals surface area contributed by atoms with E-state index >= 15 is 0 Å². The summed E-state index contributed by atoms with van der Waals surface area (Å²) in [6, 6.07) is 5.40. The predicted octanol–water partition coefficient (Wildman–Crippen LogP) is 1.07. The molecule has 12 nitrogen and oxygen atoms in total. The first-order valence-electron chi connectivity index (χ1n) is 10.4. The van der Waals surface area contributed by atoms with Gasteiger partial charge in [0.05, 0.1) is 0 Å². The molecule has 0 saturated heterocycles. The number of urea groups is 2. The quantitative estimate of drug-likeness (QED) is 0.220. The van der Waals surface area contributed by atoms with E-state index in [0.29, 0.717) is 25.9 Å². The highest BCUT2D eigenvalue weighted by Crippen LogP contribution is 2.09. The number of carbonyl (C=O) groups excluding carboxylic acids is 2. The van der Waals surface area contributed by atoms with Crippen LogP contribution in [0.2, 0.25) is 0 Å². The second-order valence-electron chi connectivity index (χ2n) is 7.33. The minimum atomic E-state index is -1.45. The molecule has 182 valence electrons. The molecule has 1 unspecified atom stereocenters. The Morgan fingerprint density at radius 3 is 2.15 bits per heavy atom. The number of benzene rings is 1. The molecule has 0 spiro atoms. The Labute approximate surface area is 191 Å². The lowest BCUT2D eigenvalue weighted by molar-refractivity contribution is -0.142. The zero-order valence-electron chi connectivity index (χ0n) is 18.3. The number of likely N-dealkylation sites (N-methyl/N-ethyl adjacent to an activating group) is 1. The largest absolute Gasteiger partial charge is 0.481 e. The number of carboxylic acid groups (broad SMARTS) is 3. The van der Waals surface area contributed by atoms with Crippen molar-refractivity contribution in [3.63, 3.8) is 0 Å². The Balaban J connectivity index is 2.41. The van der Waals surface area contributed by atoms with Gasteiger partial charge in [0.2, 0.25) is 0 Å². The smallest absolute Gasteiger partial charge is 0.326 e. The number of hydrogen-bond donors (Lipinski definition) is 6. The first kappa shape index (κ1) is 27.2. The van der Waals surface area contributed by atoms with Gasteiger partial charge in [-0.05, 0) is 31.2 Å². The second-order valence-corrected chi connectivity index (χ2v) is 7.33. The Bertz CT molecular complexity index is 818. The van der Waals surface area contributed by atoms with Gasteiger partial charge in [-0.25, -0.2) is 19.2 Å². The molecule has 0 aliphatic carbocycles. The average molecular weight is 466 g/mol. The molecule has 0 saturated carbocycles. The molecule has 0 bridgehead atoms. The molecule has 6 N–H and O–H groups in total. The fourth-order valence-electron chi connectivity index (χ4n) is 2.91. The van der Waals surface area contributed by atoms with Crippen LogP contribution in [0.5, 0.6) is 0 Å². The van der Waals surface area contributed by atoms with Gasteiger partial charge in [0.15, 0.2) is 0 Å². The van der Waals surface area contributed by atoms with Gasteiger partial charge in [-0.15, -0.1) is 0 Å². The molecule has 1 aromatic rings. The highest BCUT2D eigenvalue weighted by atomic mass is 16.4. The van der Waals surface area contributed by atoms with E-state index in [1.54, 1.807) is 0 Å². The van der Waals surface area contributed by atoms with Crippen LogP contribution in [0.3, 0.4) is 0 Å².